The number of carbonyl (C=O) groups is 1. The molecule has 4 aromatic rings. The second kappa shape index (κ2) is 9.44. The predicted molar refractivity (Wildman–Crippen MR) is 127 cm³/mol. The van der Waals surface area contributed by atoms with Crippen molar-refractivity contribution >= 4 is 17.2 Å². The molecule has 0 spiro atoms. The number of amides is 1. The lowest BCUT2D eigenvalue weighted by Crippen LogP contribution is -2.48. The summed E-state index contributed by atoms with van der Waals surface area (Å²) in [7, 11) is 0. The predicted octanol–water partition coefficient (Wildman–Crippen LogP) is 5.27. The van der Waals surface area contributed by atoms with Gasteiger partial charge in [0.05, 0.1) is 5.69 Å². The number of halogens is 1. The maximum atomic E-state index is 14.9. The fraction of sp³-hybridized carbons (Fsp3) is 0.400. The largest absolute Gasteiger partial charge is 0.465 e. The van der Waals surface area contributed by atoms with Crippen LogP contribution in [0.25, 0.3) is 27.9 Å². The van der Waals surface area contributed by atoms with Crippen molar-refractivity contribution < 1.29 is 18.7 Å². The molecule has 5 rings (SSSR count). The number of benzene rings is 2. The highest BCUT2D eigenvalue weighted by atomic mass is 19.1. The van der Waals surface area contributed by atoms with E-state index in [0.29, 0.717) is 59.1 Å². The van der Waals surface area contributed by atoms with Gasteiger partial charge in [-0.25, -0.2) is 18.9 Å². The van der Waals surface area contributed by atoms with E-state index in [0.717, 1.165) is 12.8 Å². The Bertz CT molecular complexity index is 1330. The molecule has 2 aromatic heterocycles. The molecule has 0 radical (unpaired) electrons. The van der Waals surface area contributed by atoms with Gasteiger partial charge in [-0.1, -0.05) is 32.8 Å². The standard InChI is InChI=1S/C25H27FN6O3/c1-3-15(4-2)22-12-17(9-10-31(22)25(33)34)24-28-21-11-16(5-8-23(21)35-24)19-7-6-18(13-20(19)26)32-14-27-29-30-32/h5-8,11,13-15,17,22H,3-4,9-10,12H2,1-2H3,(H,33,34). The van der Waals surface area contributed by atoms with Crippen LogP contribution in [0.3, 0.4) is 0 Å². The number of fused-ring (bicyclic) bond motifs is 1. The summed E-state index contributed by atoms with van der Waals surface area (Å²) in [5, 5.41) is 20.6. The molecule has 2 unspecified atom stereocenters. The Hall–Kier alpha value is -3.82. The Labute approximate surface area is 201 Å². The third-order valence-corrected chi connectivity index (χ3v) is 7.11. The summed E-state index contributed by atoms with van der Waals surface area (Å²) in [6, 6.07) is 10.2. The van der Waals surface area contributed by atoms with Gasteiger partial charge in [0.1, 0.15) is 17.7 Å². The summed E-state index contributed by atoms with van der Waals surface area (Å²) in [6.07, 6.45) is 3.74. The first kappa shape index (κ1) is 22.9. The molecule has 2 atom stereocenters. The SMILES string of the molecule is CCC(CC)C1CC(c2nc3cc(-c4ccc(-n5cnnn5)cc4F)ccc3o2)CCN1C(=O)O. The van der Waals surface area contributed by atoms with Gasteiger partial charge in [0.2, 0.25) is 0 Å². The summed E-state index contributed by atoms with van der Waals surface area (Å²) in [6.45, 7) is 4.67. The Morgan fingerprint density at radius 2 is 2.06 bits per heavy atom. The lowest BCUT2D eigenvalue weighted by molar-refractivity contribution is 0.0700. The first-order chi connectivity index (χ1) is 17.0. The Kier molecular flexibility index (Phi) is 6.19. The van der Waals surface area contributed by atoms with Crippen molar-refractivity contribution in [2.24, 2.45) is 5.92 Å². The average molecular weight is 479 g/mol. The van der Waals surface area contributed by atoms with Crippen molar-refractivity contribution in [1.29, 1.82) is 0 Å². The van der Waals surface area contributed by atoms with Gasteiger partial charge in [-0.15, -0.1) is 5.10 Å². The molecule has 2 aromatic carbocycles. The van der Waals surface area contributed by atoms with Crippen molar-refractivity contribution in [1.82, 2.24) is 30.1 Å². The van der Waals surface area contributed by atoms with E-state index < -0.39 is 11.9 Å². The minimum absolute atomic E-state index is 0.0411. The Morgan fingerprint density at radius 3 is 2.74 bits per heavy atom. The second-order valence-electron chi connectivity index (χ2n) is 8.99. The first-order valence-corrected chi connectivity index (χ1v) is 11.9. The molecule has 1 fully saturated rings. The molecule has 0 saturated carbocycles. The number of hydrogen-bond acceptors (Lipinski definition) is 6. The van der Waals surface area contributed by atoms with Crippen molar-refractivity contribution in [2.75, 3.05) is 6.54 Å². The van der Waals surface area contributed by atoms with E-state index >= 15 is 0 Å². The third-order valence-electron chi connectivity index (χ3n) is 7.11. The van der Waals surface area contributed by atoms with E-state index in [-0.39, 0.29) is 12.0 Å². The molecule has 1 N–H and O–H groups in total. The topological polar surface area (TPSA) is 110 Å². The van der Waals surface area contributed by atoms with E-state index in [2.05, 4.69) is 29.4 Å². The molecule has 3 heterocycles. The van der Waals surface area contributed by atoms with Gasteiger partial charge >= 0.3 is 6.09 Å². The quantitative estimate of drug-likeness (QED) is 0.402. The number of tetrazole rings is 1. The summed E-state index contributed by atoms with van der Waals surface area (Å²) in [5.74, 6) is 0.561. The normalized spacial score (nSPS) is 18.5. The van der Waals surface area contributed by atoms with Gasteiger partial charge in [-0.3, -0.25) is 0 Å². The van der Waals surface area contributed by atoms with Gasteiger partial charge in [-0.2, -0.15) is 0 Å². The highest BCUT2D eigenvalue weighted by molar-refractivity contribution is 5.81. The summed E-state index contributed by atoms with van der Waals surface area (Å²) in [4.78, 5) is 18.1. The molecular weight excluding hydrogens is 451 g/mol. The number of piperidine rings is 1. The van der Waals surface area contributed by atoms with Gasteiger partial charge in [0.15, 0.2) is 11.5 Å². The third kappa shape index (κ3) is 4.36. The minimum Gasteiger partial charge on any atom is -0.465 e. The van der Waals surface area contributed by atoms with E-state index in [4.69, 9.17) is 9.40 Å². The van der Waals surface area contributed by atoms with Gasteiger partial charge in [-0.05, 0) is 59.0 Å². The smallest absolute Gasteiger partial charge is 0.407 e. The number of hydrogen-bond donors (Lipinski definition) is 1. The van der Waals surface area contributed by atoms with Crippen LogP contribution < -0.4 is 0 Å². The van der Waals surface area contributed by atoms with Crippen LogP contribution in [0, 0.1) is 11.7 Å². The summed E-state index contributed by atoms with van der Waals surface area (Å²) < 4.78 is 22.4. The van der Waals surface area contributed by atoms with Gasteiger partial charge < -0.3 is 14.4 Å². The molecular formula is C25H27FN6O3. The summed E-state index contributed by atoms with van der Waals surface area (Å²) >= 11 is 0. The highest BCUT2D eigenvalue weighted by Gasteiger charge is 2.37. The molecule has 9 nitrogen and oxygen atoms in total. The number of aromatic nitrogens is 5. The minimum atomic E-state index is -0.865. The molecule has 35 heavy (non-hydrogen) atoms. The lowest BCUT2D eigenvalue weighted by atomic mass is 9.82. The molecule has 1 saturated heterocycles. The number of rotatable bonds is 6. The fourth-order valence-electron chi connectivity index (χ4n) is 5.19. The molecule has 10 heteroatoms. The number of nitrogens with zero attached hydrogens (tertiary/aromatic N) is 6. The number of likely N-dealkylation sites (tertiary alicyclic amines) is 1. The van der Waals surface area contributed by atoms with Crippen LogP contribution in [0.15, 0.2) is 47.1 Å². The van der Waals surface area contributed by atoms with Crippen LogP contribution in [0.4, 0.5) is 9.18 Å². The highest BCUT2D eigenvalue weighted by Crippen LogP contribution is 2.38. The van der Waals surface area contributed by atoms with Crippen LogP contribution in [0.1, 0.15) is 51.3 Å². The Morgan fingerprint density at radius 1 is 1.23 bits per heavy atom. The van der Waals surface area contributed by atoms with Crippen LogP contribution in [-0.4, -0.2) is 53.9 Å². The maximum Gasteiger partial charge on any atom is 0.407 e. The van der Waals surface area contributed by atoms with Gasteiger partial charge in [0.25, 0.3) is 0 Å². The van der Waals surface area contributed by atoms with E-state index in [1.165, 1.54) is 17.1 Å². The fourth-order valence-corrected chi connectivity index (χ4v) is 5.19. The van der Waals surface area contributed by atoms with Crippen molar-refractivity contribution in [3.8, 4) is 16.8 Å². The maximum absolute atomic E-state index is 14.9. The van der Waals surface area contributed by atoms with E-state index in [1.807, 2.05) is 12.1 Å². The van der Waals surface area contributed by atoms with Crippen LogP contribution >= 0.6 is 0 Å². The molecule has 1 aliphatic rings. The van der Waals surface area contributed by atoms with Crippen molar-refractivity contribution in [2.45, 2.75) is 51.5 Å². The van der Waals surface area contributed by atoms with E-state index in [9.17, 15) is 14.3 Å². The van der Waals surface area contributed by atoms with Crippen LogP contribution in [0.5, 0.6) is 0 Å². The molecule has 0 bridgehead atoms. The zero-order valence-corrected chi connectivity index (χ0v) is 19.6. The molecule has 1 amide bonds. The van der Waals surface area contributed by atoms with Crippen LogP contribution in [-0.2, 0) is 0 Å². The summed E-state index contributed by atoms with van der Waals surface area (Å²) in [5.41, 5.74) is 2.95. The molecule has 182 valence electrons. The van der Waals surface area contributed by atoms with Crippen molar-refractivity contribution in [3.05, 3.63) is 54.4 Å². The second-order valence-corrected chi connectivity index (χ2v) is 8.99. The van der Waals surface area contributed by atoms with E-state index in [1.54, 1.807) is 23.1 Å². The molecule has 0 aliphatic carbocycles. The average Bonchev–Trinajstić information content (AvgIpc) is 3.54. The monoisotopic (exact) mass is 478 g/mol. The number of oxazole rings is 1. The zero-order valence-electron chi connectivity index (χ0n) is 19.6. The molecule has 1 aliphatic heterocycles. The lowest BCUT2D eigenvalue weighted by Gasteiger charge is -2.40. The zero-order chi connectivity index (χ0) is 24.5. The number of carboxylic acid groups (broad SMARTS) is 1. The Balaban J connectivity index is 1.42. The van der Waals surface area contributed by atoms with Crippen LogP contribution in [0.2, 0.25) is 0 Å². The van der Waals surface area contributed by atoms with Gasteiger partial charge in [0, 0.05) is 30.1 Å². The first-order valence-electron chi connectivity index (χ1n) is 11.9. The van der Waals surface area contributed by atoms with Crippen molar-refractivity contribution in [3.63, 3.8) is 0 Å².